The van der Waals surface area contributed by atoms with E-state index in [9.17, 15) is 9.59 Å². The highest BCUT2D eigenvalue weighted by Gasteiger charge is 2.38. The minimum Gasteiger partial charge on any atom is -0.493 e. The van der Waals surface area contributed by atoms with Crippen LogP contribution >= 0.6 is 0 Å². The highest BCUT2D eigenvalue weighted by Crippen LogP contribution is 2.32. The highest BCUT2D eigenvalue weighted by molar-refractivity contribution is 5.95. The van der Waals surface area contributed by atoms with Crippen molar-refractivity contribution < 1.29 is 23.8 Å². The van der Waals surface area contributed by atoms with Gasteiger partial charge in [-0.2, -0.15) is 0 Å². The van der Waals surface area contributed by atoms with E-state index in [1.165, 1.54) is 0 Å². The van der Waals surface area contributed by atoms with Crippen molar-refractivity contribution in [3.8, 4) is 11.5 Å². The maximum absolute atomic E-state index is 13.9. The van der Waals surface area contributed by atoms with Crippen LogP contribution in [0.5, 0.6) is 11.5 Å². The van der Waals surface area contributed by atoms with Crippen LogP contribution in [0.3, 0.4) is 0 Å². The largest absolute Gasteiger partial charge is 0.493 e. The molecule has 236 valence electrons. The second kappa shape index (κ2) is 14.8. The predicted molar refractivity (Wildman–Crippen MR) is 174 cm³/mol. The number of anilines is 1. The number of hydrogen-bond donors (Lipinski definition) is 2. The van der Waals surface area contributed by atoms with Crippen LogP contribution in [-0.2, 0) is 4.74 Å². The van der Waals surface area contributed by atoms with Crippen molar-refractivity contribution in [2.45, 2.75) is 45.2 Å². The number of hydrogen-bond acceptors (Lipinski definition) is 6. The molecule has 9 heteroatoms. The minimum absolute atomic E-state index is 0.00709. The van der Waals surface area contributed by atoms with E-state index >= 15 is 0 Å². The van der Waals surface area contributed by atoms with Crippen LogP contribution in [0.15, 0.2) is 60.7 Å². The van der Waals surface area contributed by atoms with Gasteiger partial charge in [0.15, 0.2) is 11.5 Å². The van der Waals surface area contributed by atoms with Gasteiger partial charge >= 0.3 is 6.03 Å². The number of amides is 3. The number of carbonyl (C=O) groups is 2. The minimum atomic E-state index is -0.0542. The number of nitrogens with one attached hydrogen (secondary N) is 2. The molecule has 3 aromatic rings. The molecule has 2 fully saturated rings. The lowest BCUT2D eigenvalue weighted by Gasteiger charge is -2.33. The maximum atomic E-state index is 13.9. The van der Waals surface area contributed by atoms with Gasteiger partial charge in [-0.15, -0.1) is 0 Å². The van der Waals surface area contributed by atoms with Crippen molar-refractivity contribution in [3.63, 3.8) is 0 Å². The first kappa shape index (κ1) is 31.6. The first-order valence-electron chi connectivity index (χ1n) is 15.8. The van der Waals surface area contributed by atoms with Crippen LogP contribution in [0.2, 0.25) is 0 Å². The third-order valence-corrected chi connectivity index (χ3v) is 8.64. The number of nitrogens with zero attached hydrogens (tertiary/aromatic N) is 2. The standard InChI is InChI=1S/C35H46N4O5/c1-24(2)38(34(40)27-11-15-32(43-4)33(19-27)44-17-7-16-42-3)22-28-20-36-21-29(28)23-39(31-13-14-31)35(41)37-30-12-10-25-8-5-6-9-26(25)18-30/h5-6,8-12,15,18-19,24,28-29,31,36H,7,13-14,16-17,20-23H2,1-4H3,(H,37,41). The summed E-state index contributed by atoms with van der Waals surface area (Å²) in [6, 6.07) is 19.8. The van der Waals surface area contributed by atoms with E-state index in [4.69, 9.17) is 14.2 Å². The van der Waals surface area contributed by atoms with Crippen molar-refractivity contribution in [2.75, 3.05) is 58.9 Å². The molecule has 3 amide bonds. The van der Waals surface area contributed by atoms with Gasteiger partial charge in [0.2, 0.25) is 0 Å². The predicted octanol–water partition coefficient (Wildman–Crippen LogP) is 5.65. The van der Waals surface area contributed by atoms with Gasteiger partial charge in [0.1, 0.15) is 0 Å². The molecule has 9 nitrogen and oxygen atoms in total. The molecule has 1 aliphatic carbocycles. The number of fused-ring (bicyclic) bond motifs is 1. The van der Waals surface area contributed by atoms with E-state index < -0.39 is 0 Å². The van der Waals surface area contributed by atoms with E-state index in [1.807, 2.05) is 40.1 Å². The van der Waals surface area contributed by atoms with E-state index in [0.717, 1.165) is 48.8 Å². The van der Waals surface area contributed by atoms with Gasteiger partial charge in [-0.05, 0) is 79.6 Å². The van der Waals surface area contributed by atoms with Crippen molar-refractivity contribution in [1.29, 1.82) is 0 Å². The van der Waals surface area contributed by atoms with Gasteiger partial charge in [-0.25, -0.2) is 4.79 Å². The number of methoxy groups -OCH3 is 2. The number of ether oxygens (including phenoxy) is 3. The first-order chi connectivity index (χ1) is 21.4. The van der Waals surface area contributed by atoms with Gasteiger partial charge in [-0.3, -0.25) is 4.79 Å². The van der Waals surface area contributed by atoms with Crippen molar-refractivity contribution in [2.24, 2.45) is 11.8 Å². The van der Waals surface area contributed by atoms with Gasteiger partial charge in [-0.1, -0.05) is 30.3 Å². The quantitative estimate of drug-likeness (QED) is 0.232. The fourth-order valence-electron chi connectivity index (χ4n) is 5.97. The van der Waals surface area contributed by atoms with Crippen LogP contribution in [0.25, 0.3) is 10.8 Å². The lowest BCUT2D eigenvalue weighted by molar-refractivity contribution is 0.0653. The molecule has 0 bridgehead atoms. The average molecular weight is 603 g/mol. The second-order valence-corrected chi connectivity index (χ2v) is 12.2. The van der Waals surface area contributed by atoms with Gasteiger partial charge in [0.25, 0.3) is 5.91 Å². The second-order valence-electron chi connectivity index (χ2n) is 12.2. The Kier molecular flexibility index (Phi) is 10.6. The summed E-state index contributed by atoms with van der Waals surface area (Å²) in [5.74, 6) is 1.57. The Hall–Kier alpha value is -3.82. The SMILES string of the molecule is COCCCOc1cc(C(=O)N(CC2CNCC2CN(C(=O)Nc2ccc3ccccc3c2)C2CC2)C(C)C)ccc1OC. The number of urea groups is 1. The summed E-state index contributed by atoms with van der Waals surface area (Å²) >= 11 is 0. The Labute approximate surface area is 260 Å². The van der Waals surface area contributed by atoms with Crippen LogP contribution in [0, 0.1) is 11.8 Å². The highest BCUT2D eigenvalue weighted by atomic mass is 16.5. The van der Waals surface area contributed by atoms with Gasteiger partial charge < -0.3 is 34.6 Å². The molecule has 2 unspecified atom stereocenters. The molecule has 44 heavy (non-hydrogen) atoms. The summed E-state index contributed by atoms with van der Waals surface area (Å²) in [7, 11) is 3.26. The molecule has 2 atom stereocenters. The van der Waals surface area contributed by atoms with Crippen LogP contribution in [-0.4, -0.2) is 87.4 Å². The summed E-state index contributed by atoms with van der Waals surface area (Å²) in [6.45, 7) is 8.06. The molecule has 0 aromatic heterocycles. The monoisotopic (exact) mass is 602 g/mol. The topological polar surface area (TPSA) is 92.4 Å². The van der Waals surface area contributed by atoms with Crippen molar-refractivity contribution in [1.82, 2.24) is 15.1 Å². The zero-order valence-electron chi connectivity index (χ0n) is 26.4. The summed E-state index contributed by atoms with van der Waals surface area (Å²) < 4.78 is 16.5. The Balaban J connectivity index is 1.25. The molecule has 1 saturated heterocycles. The Morgan fingerprint density at radius 1 is 0.909 bits per heavy atom. The number of benzene rings is 3. The molecule has 2 aliphatic rings. The zero-order valence-corrected chi connectivity index (χ0v) is 26.4. The molecule has 0 spiro atoms. The summed E-state index contributed by atoms with van der Waals surface area (Å²) in [4.78, 5) is 31.4. The fourth-order valence-corrected chi connectivity index (χ4v) is 5.97. The maximum Gasteiger partial charge on any atom is 0.322 e. The summed E-state index contributed by atoms with van der Waals surface area (Å²) in [5.41, 5.74) is 1.37. The van der Waals surface area contributed by atoms with Gasteiger partial charge in [0.05, 0.1) is 13.7 Å². The van der Waals surface area contributed by atoms with Crippen molar-refractivity contribution >= 4 is 28.4 Å². The van der Waals surface area contributed by atoms with E-state index in [2.05, 4.69) is 36.6 Å². The molecule has 2 N–H and O–H groups in total. The fraction of sp³-hybridized carbons (Fsp3) is 0.486. The molecule has 3 aromatic carbocycles. The van der Waals surface area contributed by atoms with Gasteiger partial charge in [0, 0.05) is 69.7 Å². The molecular weight excluding hydrogens is 556 g/mol. The van der Waals surface area contributed by atoms with Crippen LogP contribution in [0.4, 0.5) is 10.5 Å². The number of rotatable bonds is 14. The average Bonchev–Trinajstić information content (AvgIpc) is 3.78. The van der Waals surface area contributed by atoms with E-state index in [0.29, 0.717) is 43.4 Å². The third kappa shape index (κ3) is 7.81. The van der Waals surface area contributed by atoms with E-state index in [1.54, 1.807) is 32.4 Å². The molecule has 1 saturated carbocycles. The molecule has 1 aliphatic heterocycles. The first-order valence-corrected chi connectivity index (χ1v) is 15.8. The molecular formula is C35H46N4O5. The summed E-state index contributed by atoms with van der Waals surface area (Å²) in [5, 5.41) is 8.93. The Morgan fingerprint density at radius 2 is 1.66 bits per heavy atom. The van der Waals surface area contributed by atoms with Crippen LogP contribution < -0.4 is 20.1 Å². The summed E-state index contributed by atoms with van der Waals surface area (Å²) in [6.07, 6.45) is 2.80. The molecule has 1 heterocycles. The zero-order chi connectivity index (χ0) is 31.1. The molecule has 0 radical (unpaired) electrons. The smallest absolute Gasteiger partial charge is 0.322 e. The normalized spacial score (nSPS) is 17.9. The van der Waals surface area contributed by atoms with Crippen LogP contribution in [0.1, 0.15) is 43.5 Å². The lowest BCUT2D eigenvalue weighted by atomic mass is 9.94. The third-order valence-electron chi connectivity index (χ3n) is 8.64. The Bertz CT molecular complexity index is 1430. The molecule has 5 rings (SSSR count). The lowest BCUT2D eigenvalue weighted by Crippen LogP contribution is -2.45. The van der Waals surface area contributed by atoms with E-state index in [-0.39, 0.29) is 35.9 Å². The van der Waals surface area contributed by atoms with Crippen molar-refractivity contribution in [3.05, 3.63) is 66.2 Å². The number of carbonyl (C=O) groups excluding carboxylic acids is 2. The Morgan fingerprint density at radius 3 is 2.36 bits per heavy atom.